The van der Waals surface area contributed by atoms with Gasteiger partial charge in [0.25, 0.3) is 0 Å². The number of nitrogens with zero attached hydrogens (tertiary/aromatic N) is 4. The van der Waals surface area contributed by atoms with Crippen molar-refractivity contribution in [2.45, 2.75) is 20.3 Å². The molecular weight excluding hydrogens is 360 g/mol. The van der Waals surface area contributed by atoms with E-state index in [1.165, 1.54) is 11.3 Å². The van der Waals surface area contributed by atoms with Crippen LogP contribution in [0.15, 0.2) is 42.7 Å². The van der Waals surface area contributed by atoms with Gasteiger partial charge in [-0.15, -0.1) is 10.2 Å². The van der Waals surface area contributed by atoms with Gasteiger partial charge in [0.05, 0.1) is 11.6 Å². The van der Waals surface area contributed by atoms with Crippen molar-refractivity contribution in [3.8, 4) is 16.6 Å². The topological polar surface area (TPSA) is 104 Å². The molecule has 27 heavy (non-hydrogen) atoms. The lowest BCUT2D eigenvalue weighted by Crippen LogP contribution is -2.19. The normalized spacial score (nSPS) is 10.4. The Bertz CT molecular complexity index is 977. The van der Waals surface area contributed by atoms with E-state index in [0.717, 1.165) is 17.5 Å². The summed E-state index contributed by atoms with van der Waals surface area (Å²) in [7, 11) is 0. The van der Waals surface area contributed by atoms with Gasteiger partial charge in [0.1, 0.15) is 5.01 Å². The second-order valence-corrected chi connectivity index (χ2v) is 7.29. The molecule has 8 heteroatoms. The van der Waals surface area contributed by atoms with E-state index in [0.29, 0.717) is 27.3 Å². The summed E-state index contributed by atoms with van der Waals surface area (Å²) in [6.07, 6.45) is 4.16. The van der Waals surface area contributed by atoms with Gasteiger partial charge >= 0.3 is 6.03 Å². The highest BCUT2D eigenvalue weighted by Gasteiger charge is 2.11. The molecule has 0 aliphatic rings. The van der Waals surface area contributed by atoms with Crippen LogP contribution in [0, 0.1) is 17.2 Å². The lowest BCUT2D eigenvalue weighted by Gasteiger charge is -2.10. The Balaban J connectivity index is 1.66. The Morgan fingerprint density at radius 3 is 2.67 bits per heavy atom. The van der Waals surface area contributed by atoms with E-state index in [2.05, 4.69) is 45.7 Å². The molecule has 136 valence electrons. The van der Waals surface area contributed by atoms with E-state index in [4.69, 9.17) is 0 Å². The van der Waals surface area contributed by atoms with Gasteiger partial charge in [-0.25, -0.2) is 4.79 Å². The third-order valence-electron chi connectivity index (χ3n) is 3.69. The molecule has 3 aromatic rings. The highest BCUT2D eigenvalue weighted by molar-refractivity contribution is 7.18. The number of nitrogens with one attached hydrogen (secondary N) is 2. The number of aromatic nitrogens is 3. The molecule has 7 nitrogen and oxygen atoms in total. The van der Waals surface area contributed by atoms with Crippen LogP contribution in [-0.2, 0) is 6.42 Å². The number of hydrogen-bond acceptors (Lipinski definition) is 6. The van der Waals surface area contributed by atoms with Crippen molar-refractivity contribution in [2.24, 2.45) is 5.92 Å². The van der Waals surface area contributed by atoms with E-state index in [1.54, 1.807) is 24.5 Å². The maximum absolute atomic E-state index is 12.2. The molecule has 2 aromatic heterocycles. The second-order valence-electron chi connectivity index (χ2n) is 6.31. The molecule has 0 bridgehead atoms. The SMILES string of the molecule is CC(C)Cc1ccc(NC(=O)Nc2nnc(-c3ccncc3)s2)cc1C#N. The third kappa shape index (κ3) is 4.86. The van der Waals surface area contributed by atoms with E-state index in [-0.39, 0.29) is 0 Å². The number of carbonyl (C=O) groups is 1. The number of rotatable bonds is 5. The molecular formula is C19H18N6OS. The van der Waals surface area contributed by atoms with Crippen molar-refractivity contribution >= 4 is 28.2 Å². The Morgan fingerprint density at radius 1 is 1.19 bits per heavy atom. The zero-order chi connectivity index (χ0) is 19.2. The quantitative estimate of drug-likeness (QED) is 0.688. The molecule has 2 heterocycles. The first-order valence-corrected chi connectivity index (χ1v) is 9.21. The van der Waals surface area contributed by atoms with Crippen LogP contribution in [0.3, 0.4) is 0 Å². The van der Waals surface area contributed by atoms with Crippen LogP contribution in [0.5, 0.6) is 0 Å². The first-order valence-electron chi connectivity index (χ1n) is 8.40. The van der Waals surface area contributed by atoms with Crippen LogP contribution in [0.1, 0.15) is 25.0 Å². The van der Waals surface area contributed by atoms with Gasteiger partial charge in [-0.05, 0) is 42.2 Å². The molecule has 0 saturated carbocycles. The van der Waals surface area contributed by atoms with Crippen molar-refractivity contribution in [1.82, 2.24) is 15.2 Å². The van der Waals surface area contributed by atoms with Crippen LogP contribution < -0.4 is 10.6 Å². The van der Waals surface area contributed by atoms with Crippen LogP contribution in [0.2, 0.25) is 0 Å². The smallest absolute Gasteiger partial charge is 0.308 e. The zero-order valence-electron chi connectivity index (χ0n) is 14.9. The van der Waals surface area contributed by atoms with E-state index in [1.807, 2.05) is 18.2 Å². The number of nitriles is 1. The number of amides is 2. The predicted octanol–water partition coefficient (Wildman–Crippen LogP) is 4.31. The summed E-state index contributed by atoms with van der Waals surface area (Å²) in [4.78, 5) is 16.2. The standard InChI is InChI=1S/C19H18N6OS/c1-12(2)9-14-3-4-16(10-15(14)11-20)22-18(26)23-19-25-24-17(27-19)13-5-7-21-8-6-13/h3-8,10,12H,9H2,1-2H3,(H2,22,23,25,26). The highest BCUT2D eigenvalue weighted by atomic mass is 32.1. The number of anilines is 2. The van der Waals surface area contributed by atoms with Crippen LogP contribution in [0.25, 0.3) is 10.6 Å². The van der Waals surface area contributed by atoms with Crippen LogP contribution in [0.4, 0.5) is 15.6 Å². The fraction of sp³-hybridized carbons (Fsp3) is 0.211. The van der Waals surface area contributed by atoms with Crippen molar-refractivity contribution in [3.05, 3.63) is 53.9 Å². The molecule has 0 spiro atoms. The second kappa shape index (κ2) is 8.38. The zero-order valence-corrected chi connectivity index (χ0v) is 15.7. The van der Waals surface area contributed by atoms with Crippen molar-refractivity contribution in [2.75, 3.05) is 10.6 Å². The van der Waals surface area contributed by atoms with Crippen molar-refractivity contribution < 1.29 is 4.79 Å². The third-order valence-corrected chi connectivity index (χ3v) is 4.58. The molecule has 2 N–H and O–H groups in total. The van der Waals surface area contributed by atoms with E-state index >= 15 is 0 Å². The number of benzene rings is 1. The first-order chi connectivity index (χ1) is 13.0. The predicted molar refractivity (Wildman–Crippen MR) is 105 cm³/mol. The first kappa shape index (κ1) is 18.5. The fourth-order valence-electron chi connectivity index (χ4n) is 2.52. The lowest BCUT2D eigenvalue weighted by molar-refractivity contribution is 0.262. The molecule has 2 amide bonds. The molecule has 0 atom stereocenters. The molecule has 0 unspecified atom stereocenters. The molecule has 1 aromatic carbocycles. The Labute approximate surface area is 161 Å². The lowest BCUT2D eigenvalue weighted by atomic mass is 9.98. The maximum Gasteiger partial charge on any atom is 0.325 e. The summed E-state index contributed by atoms with van der Waals surface area (Å²) < 4.78 is 0. The molecule has 0 fully saturated rings. The van der Waals surface area contributed by atoms with Gasteiger partial charge < -0.3 is 5.32 Å². The Kier molecular flexibility index (Phi) is 5.74. The minimum atomic E-state index is -0.437. The summed E-state index contributed by atoms with van der Waals surface area (Å²) in [6.45, 7) is 4.20. The van der Waals surface area contributed by atoms with Gasteiger partial charge in [-0.3, -0.25) is 10.3 Å². The van der Waals surface area contributed by atoms with Gasteiger partial charge in [0.2, 0.25) is 5.13 Å². The minimum Gasteiger partial charge on any atom is -0.308 e. The molecule has 0 aliphatic heterocycles. The van der Waals surface area contributed by atoms with E-state index < -0.39 is 6.03 Å². The molecule has 0 saturated heterocycles. The molecule has 0 aliphatic carbocycles. The van der Waals surface area contributed by atoms with Crippen LogP contribution in [-0.4, -0.2) is 21.2 Å². The summed E-state index contributed by atoms with van der Waals surface area (Å²) in [6, 6.07) is 10.8. The maximum atomic E-state index is 12.2. The van der Waals surface area contributed by atoms with Crippen molar-refractivity contribution in [3.63, 3.8) is 0 Å². The van der Waals surface area contributed by atoms with Gasteiger partial charge in [-0.2, -0.15) is 5.26 Å². The fourth-order valence-corrected chi connectivity index (χ4v) is 3.26. The average Bonchev–Trinajstić information content (AvgIpc) is 3.11. The van der Waals surface area contributed by atoms with E-state index in [9.17, 15) is 10.1 Å². The number of urea groups is 1. The summed E-state index contributed by atoms with van der Waals surface area (Å²) in [5, 5.41) is 23.8. The van der Waals surface area contributed by atoms with Crippen LogP contribution >= 0.6 is 11.3 Å². The number of carbonyl (C=O) groups excluding carboxylic acids is 1. The number of hydrogen-bond donors (Lipinski definition) is 2. The Morgan fingerprint density at radius 2 is 1.96 bits per heavy atom. The number of pyridine rings is 1. The largest absolute Gasteiger partial charge is 0.325 e. The van der Waals surface area contributed by atoms with Crippen molar-refractivity contribution in [1.29, 1.82) is 5.26 Å². The monoisotopic (exact) mass is 378 g/mol. The minimum absolute atomic E-state index is 0.385. The Hall–Kier alpha value is -3.31. The average molecular weight is 378 g/mol. The molecule has 0 radical (unpaired) electrons. The van der Waals surface area contributed by atoms with Gasteiger partial charge in [0, 0.05) is 23.6 Å². The summed E-state index contributed by atoms with van der Waals surface area (Å²) in [5.41, 5.74) is 2.98. The van der Waals surface area contributed by atoms with Gasteiger partial charge in [-0.1, -0.05) is 31.3 Å². The highest BCUT2D eigenvalue weighted by Crippen LogP contribution is 2.26. The molecule has 3 rings (SSSR count). The summed E-state index contributed by atoms with van der Waals surface area (Å²) >= 11 is 1.27. The van der Waals surface area contributed by atoms with Gasteiger partial charge in [0.15, 0.2) is 0 Å². The summed E-state index contributed by atoms with van der Waals surface area (Å²) in [5.74, 6) is 0.450.